The van der Waals surface area contributed by atoms with Crippen molar-refractivity contribution in [2.75, 3.05) is 5.75 Å². The fourth-order valence-corrected chi connectivity index (χ4v) is 4.13. The number of thioether (sulfide) groups is 1. The third-order valence-corrected chi connectivity index (χ3v) is 5.06. The lowest BCUT2D eigenvalue weighted by Gasteiger charge is -2.22. The fourth-order valence-electron chi connectivity index (χ4n) is 2.45. The summed E-state index contributed by atoms with van der Waals surface area (Å²) in [6.07, 6.45) is 0. The van der Waals surface area contributed by atoms with Crippen LogP contribution in [-0.2, 0) is 11.3 Å². The average molecular weight is 278 g/mol. The number of benzene rings is 1. The van der Waals surface area contributed by atoms with Gasteiger partial charge in [0, 0.05) is 5.75 Å². The lowest BCUT2D eigenvalue weighted by molar-refractivity contribution is -0.127. The number of carbonyl (C=O) groups is 1. The van der Waals surface area contributed by atoms with Crippen LogP contribution in [0.4, 0.5) is 0 Å². The van der Waals surface area contributed by atoms with Crippen LogP contribution in [0.1, 0.15) is 12.5 Å². The Balaban J connectivity index is 1.82. The van der Waals surface area contributed by atoms with Crippen molar-refractivity contribution >= 4 is 35.0 Å². The maximum absolute atomic E-state index is 12.3. The Hall–Kier alpha value is -1.07. The summed E-state index contributed by atoms with van der Waals surface area (Å²) >= 11 is 7.25. The van der Waals surface area contributed by atoms with Crippen molar-refractivity contribution in [1.29, 1.82) is 0 Å². The summed E-state index contributed by atoms with van der Waals surface area (Å²) in [5.41, 5.74) is 1.12. The molecule has 2 saturated heterocycles. The molecule has 0 unspecified atom stereocenters. The second-order valence-electron chi connectivity index (χ2n) is 4.55. The van der Waals surface area contributed by atoms with Gasteiger partial charge in [-0.3, -0.25) is 9.69 Å². The molecule has 0 radical (unpaired) electrons. The second kappa shape index (κ2) is 4.55. The lowest BCUT2D eigenvalue weighted by Crippen LogP contribution is -2.35. The molecule has 2 heterocycles. The number of hydrogen-bond donors (Lipinski definition) is 0. The molecule has 2 aliphatic heterocycles. The summed E-state index contributed by atoms with van der Waals surface area (Å²) in [6.45, 7) is 2.69. The van der Waals surface area contributed by atoms with Gasteiger partial charge in [0.2, 0.25) is 0 Å². The Morgan fingerprint density at radius 2 is 2.11 bits per heavy atom. The molecule has 1 amide bonds. The van der Waals surface area contributed by atoms with Gasteiger partial charge >= 0.3 is 0 Å². The second-order valence-corrected chi connectivity index (χ2v) is 6.26. The summed E-state index contributed by atoms with van der Waals surface area (Å²) in [7, 11) is 0. The summed E-state index contributed by atoms with van der Waals surface area (Å²) in [5.74, 6) is 1.01. The quantitative estimate of drug-likeness (QED) is 0.773. The highest BCUT2D eigenvalue weighted by molar-refractivity contribution is 8.00. The van der Waals surface area contributed by atoms with Gasteiger partial charge in [-0.15, -0.1) is 11.8 Å². The summed E-state index contributed by atoms with van der Waals surface area (Å²) < 4.78 is 0. The van der Waals surface area contributed by atoms with Crippen molar-refractivity contribution in [3.63, 3.8) is 0 Å². The fraction of sp³-hybridized carbons (Fsp3) is 0.385. The number of fused-ring (bicyclic) bond motifs is 1. The molecule has 2 aliphatic rings. The van der Waals surface area contributed by atoms with Crippen LogP contribution >= 0.6 is 24.0 Å². The van der Waals surface area contributed by atoms with Crippen LogP contribution in [0, 0.1) is 0 Å². The molecule has 0 aliphatic carbocycles. The molecule has 0 spiro atoms. The number of carbonyl (C=O) groups excluding carboxylic acids is 1. The minimum absolute atomic E-state index is 0.0405. The predicted molar refractivity (Wildman–Crippen MR) is 77.1 cm³/mol. The molecule has 2 atom stereocenters. The first-order chi connectivity index (χ1) is 8.68. The Morgan fingerprint density at radius 1 is 1.39 bits per heavy atom. The lowest BCUT2D eigenvalue weighted by atomic mass is 10.2. The Bertz CT molecular complexity index is 491. The van der Waals surface area contributed by atoms with Crippen LogP contribution < -0.4 is 0 Å². The van der Waals surface area contributed by atoms with Gasteiger partial charge in [0.25, 0.3) is 5.91 Å². The van der Waals surface area contributed by atoms with Crippen molar-refractivity contribution < 1.29 is 4.79 Å². The van der Waals surface area contributed by atoms with Gasteiger partial charge in [0.15, 0.2) is 5.11 Å². The zero-order valence-corrected chi connectivity index (χ0v) is 11.7. The minimum atomic E-state index is -0.0405. The van der Waals surface area contributed by atoms with E-state index in [-0.39, 0.29) is 11.9 Å². The highest BCUT2D eigenvalue weighted by atomic mass is 32.2. The molecule has 3 nitrogen and oxygen atoms in total. The summed E-state index contributed by atoms with van der Waals surface area (Å²) in [6, 6.07) is 9.96. The molecule has 18 heavy (non-hydrogen) atoms. The van der Waals surface area contributed by atoms with E-state index < -0.39 is 0 Å². The topological polar surface area (TPSA) is 23.6 Å². The number of hydrogen-bond acceptors (Lipinski definition) is 3. The molecule has 0 aromatic heterocycles. The van der Waals surface area contributed by atoms with E-state index in [1.54, 1.807) is 16.7 Å². The third kappa shape index (κ3) is 1.82. The van der Waals surface area contributed by atoms with E-state index in [9.17, 15) is 4.79 Å². The molecular formula is C13H14N2OS2. The van der Waals surface area contributed by atoms with Crippen molar-refractivity contribution in [2.24, 2.45) is 0 Å². The Morgan fingerprint density at radius 3 is 2.78 bits per heavy atom. The smallest absolute Gasteiger partial charge is 0.252 e. The Labute approximate surface area is 116 Å². The zero-order valence-electron chi connectivity index (χ0n) is 10.1. The van der Waals surface area contributed by atoms with Gasteiger partial charge in [-0.2, -0.15) is 0 Å². The highest BCUT2D eigenvalue weighted by Crippen LogP contribution is 2.35. The monoisotopic (exact) mass is 278 g/mol. The summed E-state index contributed by atoms with van der Waals surface area (Å²) in [5, 5.41) is 0.999. The molecule has 0 bridgehead atoms. The predicted octanol–water partition coefficient (Wildman–Crippen LogP) is 2.08. The van der Waals surface area contributed by atoms with E-state index in [2.05, 4.69) is 11.8 Å². The van der Waals surface area contributed by atoms with Crippen LogP contribution in [0.3, 0.4) is 0 Å². The van der Waals surface area contributed by atoms with Gasteiger partial charge in [0.05, 0.1) is 11.9 Å². The van der Waals surface area contributed by atoms with Crippen LogP contribution in [0.2, 0.25) is 0 Å². The molecule has 2 fully saturated rings. The molecule has 0 N–H and O–H groups in total. The van der Waals surface area contributed by atoms with E-state index in [1.165, 1.54) is 0 Å². The molecule has 1 aromatic carbocycles. The van der Waals surface area contributed by atoms with Crippen LogP contribution in [0.15, 0.2) is 30.3 Å². The van der Waals surface area contributed by atoms with Gasteiger partial charge in [0.1, 0.15) is 6.04 Å². The van der Waals surface area contributed by atoms with Gasteiger partial charge < -0.3 is 4.90 Å². The van der Waals surface area contributed by atoms with Crippen molar-refractivity contribution in [1.82, 2.24) is 9.80 Å². The molecule has 1 aromatic rings. The zero-order chi connectivity index (χ0) is 12.7. The number of thiocarbonyl (C=S) groups is 1. The standard InChI is InChI=1S/C13H14N2OS2/c1-9-15-11(8-18-9)12(16)14(13(15)17)7-10-5-3-2-4-6-10/h2-6,9,11H,7-8H2,1H3/t9-,11+/m0/s1. The van der Waals surface area contributed by atoms with E-state index in [0.29, 0.717) is 17.0 Å². The Kier molecular flexibility index (Phi) is 3.03. The molecule has 5 heteroatoms. The van der Waals surface area contributed by atoms with Crippen molar-refractivity contribution in [3.05, 3.63) is 35.9 Å². The number of nitrogens with zero attached hydrogens (tertiary/aromatic N) is 2. The van der Waals surface area contributed by atoms with E-state index in [0.717, 1.165) is 11.3 Å². The SMILES string of the molecule is C[C@@H]1SC[C@@H]2C(=O)N(Cc3ccccc3)C(=S)N12. The minimum Gasteiger partial charge on any atom is -0.324 e. The van der Waals surface area contributed by atoms with Gasteiger partial charge in [-0.05, 0) is 24.7 Å². The number of rotatable bonds is 2. The van der Waals surface area contributed by atoms with Crippen molar-refractivity contribution in [3.8, 4) is 0 Å². The van der Waals surface area contributed by atoms with Gasteiger partial charge in [-0.25, -0.2) is 0 Å². The van der Waals surface area contributed by atoms with Crippen LogP contribution in [0.5, 0.6) is 0 Å². The first-order valence-corrected chi connectivity index (χ1v) is 7.43. The molecular weight excluding hydrogens is 264 g/mol. The summed E-state index contributed by atoms with van der Waals surface area (Å²) in [4.78, 5) is 16.1. The first kappa shape index (κ1) is 12.0. The molecule has 94 valence electrons. The van der Waals surface area contributed by atoms with Crippen LogP contribution in [0.25, 0.3) is 0 Å². The first-order valence-electron chi connectivity index (χ1n) is 5.97. The third-order valence-electron chi connectivity index (χ3n) is 3.41. The normalized spacial score (nSPS) is 26.9. The largest absolute Gasteiger partial charge is 0.324 e. The molecule has 3 rings (SSSR count). The number of amides is 1. The van der Waals surface area contributed by atoms with E-state index in [1.807, 2.05) is 30.3 Å². The molecule has 0 saturated carbocycles. The van der Waals surface area contributed by atoms with Gasteiger partial charge in [-0.1, -0.05) is 30.3 Å². The maximum atomic E-state index is 12.3. The van der Waals surface area contributed by atoms with E-state index in [4.69, 9.17) is 12.2 Å². The van der Waals surface area contributed by atoms with Crippen molar-refractivity contribution in [2.45, 2.75) is 24.9 Å². The average Bonchev–Trinajstić information content (AvgIpc) is 2.87. The highest BCUT2D eigenvalue weighted by Gasteiger charge is 2.48. The maximum Gasteiger partial charge on any atom is 0.252 e. The van der Waals surface area contributed by atoms with E-state index >= 15 is 0 Å². The van der Waals surface area contributed by atoms with Crippen LogP contribution in [-0.4, -0.2) is 38.0 Å².